The third kappa shape index (κ3) is 3.48. The molecular weight excluding hydrogens is 330 g/mol. The molecule has 0 bridgehead atoms. The summed E-state index contributed by atoms with van der Waals surface area (Å²) in [6.45, 7) is 16.0. The highest BCUT2D eigenvalue weighted by Crippen LogP contribution is 2.24. The molecule has 3 aromatic carbocycles. The number of rotatable bonds is 5. The Morgan fingerprint density at radius 1 is 0.815 bits per heavy atom. The van der Waals surface area contributed by atoms with Gasteiger partial charge in [-0.25, -0.2) is 0 Å². The average Bonchev–Trinajstić information content (AvgIpc) is 2.69. The van der Waals surface area contributed by atoms with Crippen LogP contribution >= 0.6 is 0 Å². The van der Waals surface area contributed by atoms with E-state index in [1.165, 1.54) is 0 Å². The van der Waals surface area contributed by atoms with Crippen molar-refractivity contribution in [1.82, 2.24) is 0 Å². The molecule has 0 spiro atoms. The lowest BCUT2D eigenvalue weighted by atomic mass is 9.96. The van der Waals surface area contributed by atoms with Gasteiger partial charge in [-0.15, -0.1) is 0 Å². The van der Waals surface area contributed by atoms with Crippen molar-refractivity contribution < 1.29 is 5.11 Å². The van der Waals surface area contributed by atoms with E-state index in [9.17, 15) is 0 Å². The fourth-order valence-electron chi connectivity index (χ4n) is 3.35. The Balaban J connectivity index is 2.40. The minimum atomic E-state index is -0.0997. The fourth-order valence-corrected chi connectivity index (χ4v) is 3.35. The van der Waals surface area contributed by atoms with Gasteiger partial charge in [0, 0.05) is 5.69 Å². The van der Waals surface area contributed by atoms with E-state index >= 15 is 0 Å². The predicted molar refractivity (Wildman–Crippen MR) is 119 cm³/mol. The van der Waals surface area contributed by atoms with Gasteiger partial charge in [-0.05, 0) is 61.0 Å². The fraction of sp³-hybridized carbons (Fsp3) is 0.0400. The molecule has 0 saturated heterocycles. The Bertz CT molecular complexity index is 1250. The third-order valence-corrected chi connectivity index (χ3v) is 4.66. The predicted octanol–water partition coefficient (Wildman–Crippen LogP) is 2.62. The molecule has 0 heterocycles. The first kappa shape index (κ1) is 18.4. The van der Waals surface area contributed by atoms with Crippen LogP contribution in [0.4, 0.5) is 5.69 Å². The Morgan fingerprint density at radius 3 is 2.07 bits per heavy atom. The largest absolute Gasteiger partial charge is 0.377 e. The molecule has 0 aliphatic heterocycles. The second kappa shape index (κ2) is 7.90. The first-order valence-corrected chi connectivity index (χ1v) is 8.75. The molecular formula is C25H23NO. The number of aliphatic hydroxyl groups is 1. The first-order chi connectivity index (χ1) is 13.1. The highest BCUT2D eigenvalue weighted by molar-refractivity contribution is 5.90. The van der Waals surface area contributed by atoms with Crippen LogP contribution in [0, 0.1) is 0 Å². The molecule has 0 unspecified atom stereocenters. The van der Waals surface area contributed by atoms with E-state index in [-0.39, 0.29) is 6.73 Å². The molecule has 27 heavy (non-hydrogen) atoms. The van der Waals surface area contributed by atoms with E-state index in [2.05, 4.69) is 55.9 Å². The SMILES string of the molecule is C=C/C=c1\c(=C)c(=C)/c(=C\C=C)c2cc(-c3cccc(NCO)c3)ccc12. The zero-order valence-corrected chi connectivity index (χ0v) is 15.3. The summed E-state index contributed by atoms with van der Waals surface area (Å²) in [7, 11) is 0. The molecule has 2 nitrogen and oxygen atoms in total. The molecule has 0 atom stereocenters. The molecule has 0 radical (unpaired) electrons. The van der Waals surface area contributed by atoms with Gasteiger partial charge in [0.05, 0.1) is 0 Å². The van der Waals surface area contributed by atoms with Crippen LogP contribution in [0.2, 0.25) is 0 Å². The highest BCUT2D eigenvalue weighted by Gasteiger charge is 2.05. The van der Waals surface area contributed by atoms with Gasteiger partial charge >= 0.3 is 0 Å². The molecule has 0 amide bonds. The minimum Gasteiger partial charge on any atom is -0.377 e. The third-order valence-electron chi connectivity index (χ3n) is 4.66. The van der Waals surface area contributed by atoms with Crippen LogP contribution in [0.5, 0.6) is 0 Å². The van der Waals surface area contributed by atoms with Gasteiger partial charge in [-0.1, -0.05) is 74.9 Å². The quantitative estimate of drug-likeness (QED) is 0.691. The minimum absolute atomic E-state index is 0.0997. The lowest BCUT2D eigenvalue weighted by molar-refractivity contribution is 0.325. The molecule has 0 aliphatic rings. The molecule has 0 aromatic heterocycles. The number of allylic oxidation sites excluding steroid dienone is 2. The number of fused-ring (bicyclic) bond motifs is 1. The molecule has 0 aliphatic carbocycles. The molecule has 2 N–H and O–H groups in total. The standard InChI is InChI=1S/C25H23NO/c1-5-8-22-17(3)18(4)23(9-6-2)25-15-20(12-13-24(22)25)19-10-7-11-21(14-19)26-16-27/h5-15,26-27H,1-4,16H2/b22-8+,23-9+. The monoisotopic (exact) mass is 353 g/mol. The number of benzene rings is 3. The Kier molecular flexibility index (Phi) is 5.39. The van der Waals surface area contributed by atoms with Crippen molar-refractivity contribution in [1.29, 1.82) is 0 Å². The van der Waals surface area contributed by atoms with Crippen LogP contribution in [-0.2, 0) is 0 Å². The van der Waals surface area contributed by atoms with Gasteiger partial charge in [0.1, 0.15) is 6.73 Å². The second-order valence-corrected chi connectivity index (χ2v) is 6.27. The molecule has 134 valence electrons. The molecule has 0 saturated carbocycles. The van der Waals surface area contributed by atoms with E-state index in [0.29, 0.717) is 0 Å². The van der Waals surface area contributed by atoms with Gasteiger partial charge in [0.2, 0.25) is 0 Å². The summed E-state index contributed by atoms with van der Waals surface area (Å²) < 4.78 is 0. The summed E-state index contributed by atoms with van der Waals surface area (Å²) in [5.41, 5.74) is 3.03. The van der Waals surface area contributed by atoms with Gasteiger partial charge in [-0.3, -0.25) is 0 Å². The van der Waals surface area contributed by atoms with Crippen molar-refractivity contribution >= 4 is 41.8 Å². The number of nitrogens with one attached hydrogen (secondary N) is 1. The van der Waals surface area contributed by atoms with E-state index in [1.807, 2.05) is 30.4 Å². The van der Waals surface area contributed by atoms with E-state index < -0.39 is 0 Å². The zero-order valence-electron chi connectivity index (χ0n) is 15.3. The maximum absolute atomic E-state index is 9.11. The molecule has 0 fully saturated rings. The number of hydrogen-bond acceptors (Lipinski definition) is 2. The topological polar surface area (TPSA) is 32.3 Å². The summed E-state index contributed by atoms with van der Waals surface area (Å²) >= 11 is 0. The summed E-state index contributed by atoms with van der Waals surface area (Å²) in [4.78, 5) is 0. The van der Waals surface area contributed by atoms with Crippen molar-refractivity contribution in [2.75, 3.05) is 12.0 Å². The number of hydrogen-bond donors (Lipinski definition) is 2. The van der Waals surface area contributed by atoms with Crippen LogP contribution in [0.15, 0.2) is 67.8 Å². The van der Waals surface area contributed by atoms with Gasteiger partial charge in [0.15, 0.2) is 0 Å². The van der Waals surface area contributed by atoms with Crippen molar-refractivity contribution in [2.24, 2.45) is 0 Å². The highest BCUT2D eigenvalue weighted by atomic mass is 16.3. The Hall–Kier alpha value is -3.36. The Morgan fingerprint density at radius 2 is 1.44 bits per heavy atom. The van der Waals surface area contributed by atoms with Crippen molar-refractivity contribution in [3.8, 4) is 11.1 Å². The molecule has 3 aromatic rings. The number of anilines is 1. The van der Waals surface area contributed by atoms with Crippen LogP contribution in [-0.4, -0.2) is 11.8 Å². The van der Waals surface area contributed by atoms with Gasteiger partial charge in [-0.2, -0.15) is 0 Å². The smallest absolute Gasteiger partial charge is 0.113 e. The summed E-state index contributed by atoms with van der Waals surface area (Å²) in [6, 6.07) is 14.3. The normalized spacial score (nSPS) is 12.3. The van der Waals surface area contributed by atoms with Crippen molar-refractivity contribution in [2.45, 2.75) is 0 Å². The van der Waals surface area contributed by atoms with Crippen LogP contribution < -0.4 is 26.2 Å². The zero-order chi connectivity index (χ0) is 19.4. The second-order valence-electron chi connectivity index (χ2n) is 6.27. The van der Waals surface area contributed by atoms with Crippen LogP contribution in [0.1, 0.15) is 0 Å². The Labute approximate surface area is 159 Å². The maximum atomic E-state index is 9.11. The van der Waals surface area contributed by atoms with E-state index in [0.717, 1.165) is 48.5 Å². The summed E-state index contributed by atoms with van der Waals surface area (Å²) in [5, 5.41) is 18.1. The molecule has 3 rings (SSSR count). The van der Waals surface area contributed by atoms with E-state index in [4.69, 9.17) is 5.11 Å². The van der Waals surface area contributed by atoms with Crippen molar-refractivity contribution in [3.63, 3.8) is 0 Å². The first-order valence-electron chi connectivity index (χ1n) is 8.75. The van der Waals surface area contributed by atoms with Gasteiger partial charge < -0.3 is 10.4 Å². The van der Waals surface area contributed by atoms with Crippen molar-refractivity contribution in [3.05, 3.63) is 88.6 Å². The lowest BCUT2D eigenvalue weighted by Crippen LogP contribution is -2.47. The molecule has 2 heteroatoms. The van der Waals surface area contributed by atoms with Gasteiger partial charge in [0.25, 0.3) is 0 Å². The summed E-state index contributed by atoms with van der Waals surface area (Å²) in [6.07, 6.45) is 7.50. The number of aliphatic hydroxyl groups excluding tert-OH is 1. The van der Waals surface area contributed by atoms with Crippen LogP contribution in [0.3, 0.4) is 0 Å². The average molecular weight is 353 g/mol. The summed E-state index contributed by atoms with van der Waals surface area (Å²) in [5.74, 6) is 0. The lowest BCUT2D eigenvalue weighted by Gasteiger charge is -2.09. The van der Waals surface area contributed by atoms with E-state index in [1.54, 1.807) is 12.2 Å². The van der Waals surface area contributed by atoms with Crippen LogP contribution in [0.25, 0.3) is 47.2 Å². The maximum Gasteiger partial charge on any atom is 0.113 e.